The van der Waals surface area contributed by atoms with Gasteiger partial charge in [-0.3, -0.25) is 4.57 Å². The molecule has 3 fully saturated rings. The van der Waals surface area contributed by atoms with Crippen molar-refractivity contribution in [3.8, 4) is 0 Å². The highest BCUT2D eigenvalue weighted by molar-refractivity contribution is 6.00. The maximum atomic E-state index is 12.7. The molecular formula is C18H22N4O. The molecule has 120 valence electrons. The quantitative estimate of drug-likeness (QED) is 0.723. The summed E-state index contributed by atoms with van der Waals surface area (Å²) in [5.74, 6) is 1.97. The van der Waals surface area contributed by atoms with Crippen molar-refractivity contribution in [2.75, 3.05) is 0 Å². The summed E-state index contributed by atoms with van der Waals surface area (Å²) in [5.41, 5.74) is 3.13. The fraction of sp³-hybridized carbons (Fsp3) is 0.556. The summed E-state index contributed by atoms with van der Waals surface area (Å²) in [6.07, 6.45) is 6.09. The Bertz CT molecular complexity index is 976. The molecule has 3 aliphatic rings. The Morgan fingerprint density at radius 2 is 2.17 bits per heavy atom. The van der Waals surface area contributed by atoms with Crippen molar-refractivity contribution in [2.24, 2.45) is 23.2 Å². The second kappa shape index (κ2) is 4.08. The van der Waals surface area contributed by atoms with E-state index < -0.39 is 0 Å². The van der Waals surface area contributed by atoms with Gasteiger partial charge in [0.05, 0.1) is 17.2 Å². The van der Waals surface area contributed by atoms with E-state index in [1.807, 2.05) is 16.8 Å². The highest BCUT2D eigenvalue weighted by Crippen LogP contribution is 2.64. The summed E-state index contributed by atoms with van der Waals surface area (Å²) in [6.45, 7) is 7.11. The fourth-order valence-electron chi connectivity index (χ4n) is 5.40. The molecule has 2 bridgehead atoms. The Kier molecular flexibility index (Phi) is 2.37. The maximum Gasteiger partial charge on any atom is 0.326 e. The number of hydrogen-bond acceptors (Lipinski definition) is 2. The van der Waals surface area contributed by atoms with Crippen LogP contribution in [0.2, 0.25) is 0 Å². The van der Waals surface area contributed by atoms with E-state index in [1.165, 1.54) is 6.42 Å². The smallest absolute Gasteiger partial charge is 0.326 e. The number of fused-ring (bicyclic) bond motifs is 5. The lowest BCUT2D eigenvalue weighted by atomic mass is 9.44. The van der Waals surface area contributed by atoms with Gasteiger partial charge in [-0.15, -0.1) is 0 Å². The Labute approximate surface area is 134 Å². The molecule has 4 atom stereocenters. The molecule has 23 heavy (non-hydrogen) atoms. The first-order chi connectivity index (χ1) is 11.0. The van der Waals surface area contributed by atoms with Gasteiger partial charge in [0.15, 0.2) is 0 Å². The summed E-state index contributed by atoms with van der Waals surface area (Å²) in [6, 6.07) is 2.31. The first kappa shape index (κ1) is 13.4. The minimum absolute atomic E-state index is 0.00598. The Hall–Kier alpha value is -2.04. The average Bonchev–Trinajstić information content (AvgIpc) is 3.09. The summed E-state index contributed by atoms with van der Waals surface area (Å²) in [7, 11) is 0. The van der Waals surface area contributed by atoms with Gasteiger partial charge in [0, 0.05) is 17.6 Å². The zero-order chi connectivity index (χ0) is 15.9. The number of aromatic amines is 2. The highest BCUT2D eigenvalue weighted by atomic mass is 16.1. The molecule has 3 saturated carbocycles. The van der Waals surface area contributed by atoms with Crippen molar-refractivity contribution in [2.45, 2.75) is 39.7 Å². The molecule has 0 amide bonds. The van der Waals surface area contributed by atoms with Crippen LogP contribution in [0.25, 0.3) is 22.1 Å². The number of hydrogen-bond donors (Lipinski definition) is 2. The predicted octanol–water partition coefficient (Wildman–Crippen LogP) is 3.45. The largest absolute Gasteiger partial charge is 0.346 e. The number of nitrogens with one attached hydrogen (secondary N) is 2. The molecule has 6 rings (SSSR count). The van der Waals surface area contributed by atoms with Crippen LogP contribution in [0, 0.1) is 23.2 Å². The summed E-state index contributed by atoms with van der Waals surface area (Å²) < 4.78 is 2.02. The molecular weight excluding hydrogens is 288 g/mol. The van der Waals surface area contributed by atoms with Gasteiger partial charge in [-0.25, -0.2) is 9.78 Å². The van der Waals surface area contributed by atoms with Crippen LogP contribution in [-0.2, 0) is 0 Å². The van der Waals surface area contributed by atoms with Crippen LogP contribution in [0.3, 0.4) is 0 Å². The molecule has 0 unspecified atom stereocenters. The standard InChI is InChI=1S/C18H22N4O/c1-9-12-6-10(18(12,2)3)7-14(9)22-15-11-4-5-19-16(11)20-8-13(15)21-17(22)23/h4-5,8-10,12,14H,6-7H2,1-3H3,(H,19,20)(H,21,23)/t9-,10-,12+,14-/m1/s1. The number of nitrogens with zero attached hydrogens (tertiary/aromatic N) is 2. The van der Waals surface area contributed by atoms with E-state index >= 15 is 0 Å². The van der Waals surface area contributed by atoms with Gasteiger partial charge >= 0.3 is 5.69 Å². The van der Waals surface area contributed by atoms with Crippen molar-refractivity contribution < 1.29 is 0 Å². The predicted molar refractivity (Wildman–Crippen MR) is 90.4 cm³/mol. The normalized spacial score (nSPS) is 32.3. The van der Waals surface area contributed by atoms with Crippen LogP contribution < -0.4 is 5.69 Å². The van der Waals surface area contributed by atoms with Crippen molar-refractivity contribution in [3.05, 3.63) is 28.9 Å². The average molecular weight is 310 g/mol. The summed E-state index contributed by atoms with van der Waals surface area (Å²) >= 11 is 0. The van der Waals surface area contributed by atoms with E-state index in [0.29, 0.717) is 17.3 Å². The third-order valence-corrected chi connectivity index (χ3v) is 6.91. The number of imidazole rings is 1. The maximum absolute atomic E-state index is 12.7. The van der Waals surface area contributed by atoms with Gasteiger partial charge in [0.2, 0.25) is 0 Å². The van der Waals surface area contributed by atoms with E-state index in [1.54, 1.807) is 6.20 Å². The zero-order valence-electron chi connectivity index (χ0n) is 13.8. The van der Waals surface area contributed by atoms with E-state index in [9.17, 15) is 4.79 Å². The minimum Gasteiger partial charge on any atom is -0.346 e. The monoisotopic (exact) mass is 310 g/mol. The van der Waals surface area contributed by atoms with Gasteiger partial charge < -0.3 is 9.97 Å². The SMILES string of the molecule is C[C@H]1[C@H](n2c(=O)[nH]c3cnc4[nH]ccc4c32)C[C@H]2C[C@@H]1C2(C)C. The van der Waals surface area contributed by atoms with Crippen LogP contribution >= 0.6 is 0 Å². The second-order valence-corrected chi connectivity index (χ2v) is 8.08. The number of aromatic nitrogens is 4. The second-order valence-electron chi connectivity index (χ2n) is 8.08. The molecule has 0 radical (unpaired) electrons. The van der Waals surface area contributed by atoms with Crippen LogP contribution in [0.4, 0.5) is 0 Å². The van der Waals surface area contributed by atoms with Crippen LogP contribution in [-0.4, -0.2) is 19.5 Å². The topological polar surface area (TPSA) is 66.5 Å². The first-order valence-electron chi connectivity index (χ1n) is 8.55. The molecule has 0 aliphatic heterocycles. The lowest BCUT2D eigenvalue weighted by molar-refractivity contribution is -0.123. The molecule has 0 aromatic carbocycles. The Balaban J connectivity index is 1.73. The minimum atomic E-state index is 0.00598. The molecule has 0 saturated heterocycles. The van der Waals surface area contributed by atoms with Gasteiger partial charge in [-0.05, 0) is 42.1 Å². The van der Waals surface area contributed by atoms with Gasteiger partial charge in [0.1, 0.15) is 5.65 Å². The van der Waals surface area contributed by atoms with E-state index in [4.69, 9.17) is 0 Å². The number of pyridine rings is 1. The van der Waals surface area contributed by atoms with Crippen molar-refractivity contribution >= 4 is 22.1 Å². The van der Waals surface area contributed by atoms with E-state index in [2.05, 4.69) is 35.7 Å². The lowest BCUT2D eigenvalue weighted by Crippen LogP contribution is -2.55. The van der Waals surface area contributed by atoms with Gasteiger partial charge in [0.25, 0.3) is 0 Å². The Morgan fingerprint density at radius 3 is 2.91 bits per heavy atom. The van der Waals surface area contributed by atoms with E-state index in [0.717, 1.165) is 34.4 Å². The van der Waals surface area contributed by atoms with Crippen molar-refractivity contribution in [3.63, 3.8) is 0 Å². The van der Waals surface area contributed by atoms with Crippen LogP contribution in [0.5, 0.6) is 0 Å². The summed E-state index contributed by atoms with van der Waals surface area (Å²) in [5, 5.41) is 1.03. The summed E-state index contributed by atoms with van der Waals surface area (Å²) in [4.78, 5) is 23.3. The molecule has 5 nitrogen and oxygen atoms in total. The molecule has 3 aromatic heterocycles. The van der Waals surface area contributed by atoms with Crippen molar-refractivity contribution in [1.29, 1.82) is 0 Å². The zero-order valence-corrected chi connectivity index (χ0v) is 13.8. The third-order valence-electron chi connectivity index (χ3n) is 6.91. The van der Waals surface area contributed by atoms with Crippen LogP contribution in [0.1, 0.15) is 39.7 Å². The van der Waals surface area contributed by atoms with Crippen LogP contribution in [0.15, 0.2) is 23.3 Å². The first-order valence-corrected chi connectivity index (χ1v) is 8.55. The molecule has 3 heterocycles. The highest BCUT2D eigenvalue weighted by Gasteiger charge is 2.56. The number of H-pyrrole nitrogens is 2. The molecule has 2 N–H and O–H groups in total. The fourth-order valence-corrected chi connectivity index (χ4v) is 5.40. The molecule has 5 heteroatoms. The third kappa shape index (κ3) is 1.53. The Morgan fingerprint density at radius 1 is 1.35 bits per heavy atom. The molecule has 0 spiro atoms. The molecule has 3 aliphatic carbocycles. The number of rotatable bonds is 1. The lowest BCUT2D eigenvalue weighted by Gasteiger charge is -2.62. The van der Waals surface area contributed by atoms with Gasteiger partial charge in [-0.1, -0.05) is 20.8 Å². The molecule has 3 aromatic rings. The van der Waals surface area contributed by atoms with Crippen molar-refractivity contribution in [1.82, 2.24) is 19.5 Å². The van der Waals surface area contributed by atoms with Gasteiger partial charge in [-0.2, -0.15) is 0 Å². The van der Waals surface area contributed by atoms with E-state index in [-0.39, 0.29) is 11.7 Å².